The van der Waals surface area contributed by atoms with Gasteiger partial charge in [-0.3, -0.25) is 0 Å². The van der Waals surface area contributed by atoms with Gasteiger partial charge in [-0.1, -0.05) is 11.8 Å². The molecule has 4 nitrogen and oxygen atoms in total. The quantitative estimate of drug-likeness (QED) is 0.597. The fourth-order valence-electron chi connectivity index (χ4n) is 2.11. The van der Waals surface area contributed by atoms with E-state index in [4.69, 9.17) is 0 Å². The third-order valence-electron chi connectivity index (χ3n) is 3.81. The van der Waals surface area contributed by atoms with Crippen LogP contribution in [0.5, 0.6) is 0 Å². The van der Waals surface area contributed by atoms with Crippen molar-refractivity contribution in [2.75, 3.05) is 7.05 Å². The molecule has 0 radical (unpaired) electrons. The summed E-state index contributed by atoms with van der Waals surface area (Å²) in [6.45, 7) is 4.08. The van der Waals surface area contributed by atoms with Crippen LogP contribution in [0.1, 0.15) is 30.8 Å². The van der Waals surface area contributed by atoms with Crippen LogP contribution in [0.25, 0.3) is 0 Å². The third-order valence-corrected chi connectivity index (χ3v) is 3.81. The van der Waals surface area contributed by atoms with Crippen LogP contribution < -0.4 is 0 Å². The highest BCUT2D eigenvalue weighted by Crippen LogP contribution is 2.13. The first-order valence-electron chi connectivity index (χ1n) is 7.32. The van der Waals surface area contributed by atoms with Crippen LogP contribution in [0.15, 0.2) is 35.6 Å². The molecule has 0 unspecified atom stereocenters. The molecule has 3 rings (SSSR count). The van der Waals surface area contributed by atoms with Crippen LogP contribution in [0.4, 0.5) is 8.78 Å². The lowest BCUT2D eigenvalue weighted by Crippen LogP contribution is -2.34. The summed E-state index contributed by atoms with van der Waals surface area (Å²) in [5.74, 6) is 5.38. The van der Waals surface area contributed by atoms with Gasteiger partial charge in [0.1, 0.15) is 11.6 Å². The Morgan fingerprint density at radius 2 is 1.79 bits per heavy atom. The largest absolute Gasteiger partial charge is 0.363 e. The van der Waals surface area contributed by atoms with Gasteiger partial charge in [0.2, 0.25) is 5.82 Å². The molecule has 0 bridgehead atoms. The highest BCUT2D eigenvalue weighted by Gasteiger charge is 2.36. The maximum atomic E-state index is 13.5. The van der Waals surface area contributed by atoms with E-state index in [2.05, 4.69) is 26.8 Å². The molecule has 6 heteroatoms. The summed E-state index contributed by atoms with van der Waals surface area (Å²) >= 11 is 0. The number of hydrogen-bond donors (Lipinski definition) is 0. The number of aliphatic imine (C=N–C) groups is 1. The van der Waals surface area contributed by atoms with Gasteiger partial charge >= 0.3 is 5.84 Å². The molecule has 0 aliphatic carbocycles. The minimum Gasteiger partial charge on any atom is -0.246 e. The Kier molecular flexibility index (Phi) is 3.94. The second-order valence-corrected chi connectivity index (χ2v) is 5.96. The van der Waals surface area contributed by atoms with Crippen molar-refractivity contribution in [2.45, 2.75) is 19.4 Å². The summed E-state index contributed by atoms with van der Waals surface area (Å²) in [6, 6.07) is 3.15. The number of benzene rings is 1. The van der Waals surface area contributed by atoms with Crippen molar-refractivity contribution >= 4 is 12.1 Å². The average molecular weight is 325 g/mol. The van der Waals surface area contributed by atoms with Gasteiger partial charge in [-0.2, -0.15) is 0 Å². The van der Waals surface area contributed by atoms with E-state index in [0.29, 0.717) is 17.2 Å². The molecule has 2 aromatic rings. The molecule has 1 aromatic carbocycles. The molecule has 0 saturated heterocycles. The number of hydrogen-bond acceptors (Lipinski definition) is 3. The van der Waals surface area contributed by atoms with Gasteiger partial charge in [0.25, 0.3) is 0 Å². The van der Waals surface area contributed by atoms with E-state index < -0.39 is 11.6 Å². The molecule has 120 valence electrons. The van der Waals surface area contributed by atoms with Crippen molar-refractivity contribution in [3.8, 4) is 11.8 Å². The molecular weight excluding hydrogens is 310 g/mol. The van der Waals surface area contributed by atoms with Crippen LogP contribution in [0, 0.1) is 23.5 Å². The Labute approximate surface area is 138 Å². The molecule has 0 amide bonds. The molecule has 0 atom stereocenters. The molecular formula is C18H15F2N4+. The Bertz CT molecular complexity index is 916. The lowest BCUT2D eigenvalue weighted by Gasteiger charge is -2.11. The van der Waals surface area contributed by atoms with Gasteiger partial charge in [0.15, 0.2) is 11.8 Å². The predicted octanol–water partition coefficient (Wildman–Crippen LogP) is 2.41. The second-order valence-electron chi connectivity index (χ2n) is 5.96. The zero-order valence-corrected chi connectivity index (χ0v) is 13.5. The molecule has 0 fully saturated rings. The topological polar surface area (TPSA) is 41.1 Å². The molecule has 0 N–H and O–H groups in total. The van der Waals surface area contributed by atoms with Gasteiger partial charge in [-0.15, -0.1) is 0 Å². The number of halogens is 2. The fraction of sp³-hybridized carbons (Fsp3) is 0.222. The van der Waals surface area contributed by atoms with Gasteiger partial charge < -0.3 is 0 Å². The van der Waals surface area contributed by atoms with Gasteiger partial charge in [0.05, 0.1) is 18.2 Å². The molecule has 0 spiro atoms. The summed E-state index contributed by atoms with van der Waals surface area (Å²) in [7, 11) is 1.92. The van der Waals surface area contributed by atoms with Crippen LogP contribution >= 0.6 is 0 Å². The molecule has 1 aliphatic heterocycles. The molecule has 0 saturated carbocycles. The third kappa shape index (κ3) is 3.06. The first kappa shape index (κ1) is 15.9. The van der Waals surface area contributed by atoms with Crippen LogP contribution in [-0.2, 0) is 0 Å². The number of aromatic nitrogens is 2. The molecule has 1 aliphatic rings. The van der Waals surface area contributed by atoms with Crippen molar-refractivity contribution in [2.24, 2.45) is 4.99 Å². The molecule has 24 heavy (non-hydrogen) atoms. The van der Waals surface area contributed by atoms with E-state index in [0.717, 1.165) is 18.2 Å². The lowest BCUT2D eigenvalue weighted by atomic mass is 10.1. The first-order valence-corrected chi connectivity index (χ1v) is 7.32. The van der Waals surface area contributed by atoms with Crippen LogP contribution in [0.3, 0.4) is 0 Å². The average Bonchev–Trinajstić information content (AvgIpc) is 2.83. The van der Waals surface area contributed by atoms with Gasteiger partial charge in [-0.05, 0) is 37.0 Å². The Morgan fingerprint density at radius 3 is 2.42 bits per heavy atom. The zero-order valence-electron chi connectivity index (χ0n) is 13.5. The summed E-state index contributed by atoms with van der Waals surface area (Å²) in [4.78, 5) is 12.9. The van der Waals surface area contributed by atoms with Gasteiger partial charge in [-0.25, -0.2) is 23.3 Å². The first-order chi connectivity index (χ1) is 11.4. The van der Waals surface area contributed by atoms with E-state index in [1.165, 1.54) is 12.4 Å². The minimum absolute atomic E-state index is 0.00433. The van der Waals surface area contributed by atoms with Crippen LogP contribution in [-0.4, -0.2) is 39.2 Å². The second kappa shape index (κ2) is 5.93. The monoisotopic (exact) mass is 325 g/mol. The highest BCUT2D eigenvalue weighted by atomic mass is 19.1. The zero-order chi connectivity index (χ0) is 17.3. The Balaban J connectivity index is 1.87. The van der Waals surface area contributed by atoms with E-state index in [1.807, 2.05) is 31.7 Å². The summed E-state index contributed by atoms with van der Waals surface area (Å²) in [5.41, 5.74) is 0.314. The maximum Gasteiger partial charge on any atom is 0.363 e. The normalized spacial score (nSPS) is 15.4. The van der Waals surface area contributed by atoms with E-state index >= 15 is 0 Å². The Hall–Kier alpha value is -2.94. The van der Waals surface area contributed by atoms with E-state index in [9.17, 15) is 8.78 Å². The summed E-state index contributed by atoms with van der Waals surface area (Å²) in [6.07, 6.45) is 4.91. The predicted molar refractivity (Wildman–Crippen MR) is 87.2 cm³/mol. The summed E-state index contributed by atoms with van der Waals surface area (Å²) in [5, 5.41) is 0. The van der Waals surface area contributed by atoms with Crippen molar-refractivity contribution in [1.29, 1.82) is 0 Å². The van der Waals surface area contributed by atoms with Crippen molar-refractivity contribution in [1.82, 2.24) is 9.97 Å². The number of rotatable bonds is 1. The summed E-state index contributed by atoms with van der Waals surface area (Å²) < 4.78 is 28.6. The lowest BCUT2D eigenvalue weighted by molar-refractivity contribution is -0.548. The highest BCUT2D eigenvalue weighted by molar-refractivity contribution is 6.00. The van der Waals surface area contributed by atoms with Crippen molar-refractivity contribution in [3.05, 3.63) is 59.2 Å². The fourth-order valence-corrected chi connectivity index (χ4v) is 2.11. The Morgan fingerprint density at radius 1 is 1.08 bits per heavy atom. The smallest absolute Gasteiger partial charge is 0.246 e. The number of nitrogens with zero attached hydrogens (tertiary/aromatic N) is 4. The standard InChI is InChI=1S/C18H15F2N4/c1-18(2)11-23-17(24(18)3)16-21-9-12(10-22-16)4-5-13-8-14(19)6-7-15(13)20/h6-11H,1-3H3/q+1. The van der Waals surface area contributed by atoms with E-state index in [1.54, 1.807) is 0 Å². The minimum atomic E-state index is -0.568. The van der Waals surface area contributed by atoms with Crippen LogP contribution in [0.2, 0.25) is 0 Å². The number of amidine groups is 1. The molecule has 1 aromatic heterocycles. The molecule has 2 heterocycles. The maximum absolute atomic E-state index is 13.5. The SMILES string of the molecule is C[N+]1=C(c2ncc(C#Cc3cc(F)ccc3F)cn2)N=CC1(C)C. The van der Waals surface area contributed by atoms with Crippen molar-refractivity contribution < 1.29 is 13.4 Å². The van der Waals surface area contributed by atoms with E-state index in [-0.39, 0.29) is 11.1 Å². The van der Waals surface area contributed by atoms with Crippen molar-refractivity contribution in [3.63, 3.8) is 0 Å². The van der Waals surface area contributed by atoms with Gasteiger partial charge in [0, 0.05) is 12.4 Å².